The molecule has 0 atom stereocenters. The van der Waals surface area contributed by atoms with Crippen LogP contribution in [0.2, 0.25) is 5.02 Å². The lowest BCUT2D eigenvalue weighted by atomic mass is 10.1. The Labute approximate surface area is 195 Å². The van der Waals surface area contributed by atoms with Crippen molar-refractivity contribution in [3.05, 3.63) is 94.5 Å². The van der Waals surface area contributed by atoms with Crippen LogP contribution >= 0.6 is 11.6 Å². The second-order valence-electron chi connectivity index (χ2n) is 7.67. The minimum absolute atomic E-state index is 0.147. The van der Waals surface area contributed by atoms with Gasteiger partial charge in [-0.1, -0.05) is 48.0 Å². The zero-order chi connectivity index (χ0) is 23.1. The summed E-state index contributed by atoms with van der Waals surface area (Å²) in [5.41, 5.74) is 3.61. The predicted octanol–water partition coefficient (Wildman–Crippen LogP) is 4.90. The molecule has 0 aliphatic heterocycles. The molecule has 7 heteroatoms. The maximum Gasteiger partial charge on any atom is 0.264 e. The van der Waals surface area contributed by atoms with Crippen LogP contribution in [0.5, 0.6) is 0 Å². The third kappa shape index (κ3) is 6.11. The molecule has 168 valence electrons. The van der Waals surface area contributed by atoms with Crippen molar-refractivity contribution in [2.75, 3.05) is 17.4 Å². The molecule has 0 aliphatic carbocycles. The summed E-state index contributed by atoms with van der Waals surface area (Å²) in [7, 11) is -3.90. The molecule has 0 spiro atoms. The van der Waals surface area contributed by atoms with Crippen molar-refractivity contribution < 1.29 is 13.2 Å². The molecule has 3 aromatic rings. The van der Waals surface area contributed by atoms with Gasteiger partial charge in [-0.2, -0.15) is 0 Å². The molecular formula is C25H27ClN2O3S. The lowest BCUT2D eigenvalue weighted by Crippen LogP contribution is -2.41. The SMILES string of the molecule is Cc1ccc(N(CC(=O)NCCCc2ccc(Cl)cc2)S(=O)(=O)c2ccccc2)cc1C. The van der Waals surface area contributed by atoms with E-state index in [0.717, 1.165) is 29.5 Å². The molecule has 0 aromatic heterocycles. The van der Waals surface area contributed by atoms with E-state index in [-0.39, 0.29) is 17.3 Å². The van der Waals surface area contributed by atoms with Crippen LogP contribution in [0.15, 0.2) is 77.7 Å². The normalized spacial score (nSPS) is 11.2. The highest BCUT2D eigenvalue weighted by atomic mass is 35.5. The van der Waals surface area contributed by atoms with Gasteiger partial charge in [0.2, 0.25) is 5.91 Å². The molecule has 0 fully saturated rings. The first-order valence-corrected chi connectivity index (χ1v) is 12.3. The molecule has 0 radical (unpaired) electrons. The lowest BCUT2D eigenvalue weighted by molar-refractivity contribution is -0.119. The average Bonchev–Trinajstić information content (AvgIpc) is 2.79. The van der Waals surface area contributed by atoms with Crippen molar-refractivity contribution in [3.63, 3.8) is 0 Å². The highest BCUT2D eigenvalue weighted by Crippen LogP contribution is 2.25. The van der Waals surface area contributed by atoms with Crippen LogP contribution in [0.25, 0.3) is 0 Å². The Morgan fingerprint density at radius 2 is 1.62 bits per heavy atom. The van der Waals surface area contributed by atoms with Gasteiger partial charge in [0.1, 0.15) is 6.54 Å². The molecular weight excluding hydrogens is 444 g/mol. The van der Waals surface area contributed by atoms with E-state index >= 15 is 0 Å². The predicted molar refractivity (Wildman–Crippen MR) is 130 cm³/mol. The number of amides is 1. The van der Waals surface area contributed by atoms with Gasteiger partial charge in [-0.25, -0.2) is 8.42 Å². The van der Waals surface area contributed by atoms with E-state index < -0.39 is 10.0 Å². The summed E-state index contributed by atoms with van der Waals surface area (Å²) >= 11 is 5.90. The number of nitrogens with zero attached hydrogens (tertiary/aromatic N) is 1. The van der Waals surface area contributed by atoms with E-state index in [9.17, 15) is 13.2 Å². The van der Waals surface area contributed by atoms with E-state index in [1.807, 2.05) is 44.2 Å². The smallest absolute Gasteiger partial charge is 0.264 e. The van der Waals surface area contributed by atoms with Crippen molar-refractivity contribution in [1.82, 2.24) is 5.32 Å². The lowest BCUT2D eigenvalue weighted by Gasteiger charge is -2.25. The summed E-state index contributed by atoms with van der Waals surface area (Å²) in [6.07, 6.45) is 1.53. The molecule has 0 heterocycles. The van der Waals surface area contributed by atoms with Gasteiger partial charge in [0.15, 0.2) is 0 Å². The summed E-state index contributed by atoms with van der Waals surface area (Å²) < 4.78 is 27.9. The Balaban J connectivity index is 1.71. The number of hydrogen-bond donors (Lipinski definition) is 1. The second-order valence-corrected chi connectivity index (χ2v) is 9.97. The van der Waals surface area contributed by atoms with E-state index in [2.05, 4.69) is 5.32 Å². The maximum atomic E-state index is 13.3. The largest absolute Gasteiger partial charge is 0.355 e. The fourth-order valence-electron chi connectivity index (χ4n) is 3.27. The molecule has 1 N–H and O–H groups in total. The molecule has 3 rings (SSSR count). The van der Waals surface area contributed by atoms with Gasteiger partial charge in [0.25, 0.3) is 10.0 Å². The van der Waals surface area contributed by atoms with Crippen LogP contribution < -0.4 is 9.62 Å². The van der Waals surface area contributed by atoms with Gasteiger partial charge in [0.05, 0.1) is 10.6 Å². The van der Waals surface area contributed by atoms with E-state index in [1.54, 1.807) is 30.3 Å². The first kappa shape index (κ1) is 23.8. The number of aryl methyl sites for hydroxylation is 3. The monoisotopic (exact) mass is 470 g/mol. The average molecular weight is 471 g/mol. The van der Waals surface area contributed by atoms with Gasteiger partial charge in [-0.3, -0.25) is 9.10 Å². The molecule has 0 bridgehead atoms. The number of nitrogens with one attached hydrogen (secondary N) is 1. The van der Waals surface area contributed by atoms with Crippen LogP contribution in [-0.2, 0) is 21.2 Å². The maximum absolute atomic E-state index is 13.3. The van der Waals surface area contributed by atoms with Gasteiger partial charge in [0, 0.05) is 11.6 Å². The molecule has 5 nitrogen and oxygen atoms in total. The Morgan fingerprint density at radius 3 is 2.28 bits per heavy atom. The Kier molecular flexibility index (Phi) is 7.94. The van der Waals surface area contributed by atoms with Gasteiger partial charge >= 0.3 is 0 Å². The van der Waals surface area contributed by atoms with E-state index in [4.69, 9.17) is 11.6 Å². The van der Waals surface area contributed by atoms with Crippen LogP contribution in [0.3, 0.4) is 0 Å². The fourth-order valence-corrected chi connectivity index (χ4v) is 4.83. The number of sulfonamides is 1. The summed E-state index contributed by atoms with van der Waals surface area (Å²) in [4.78, 5) is 12.8. The summed E-state index contributed by atoms with van der Waals surface area (Å²) in [6, 6.07) is 21.1. The minimum atomic E-state index is -3.90. The topological polar surface area (TPSA) is 66.5 Å². The van der Waals surface area contributed by atoms with Gasteiger partial charge in [-0.05, 0) is 79.8 Å². The quantitative estimate of drug-likeness (QED) is 0.452. The van der Waals surface area contributed by atoms with Gasteiger partial charge in [-0.15, -0.1) is 0 Å². The second kappa shape index (κ2) is 10.7. The summed E-state index contributed by atoms with van der Waals surface area (Å²) in [6.45, 7) is 4.04. The first-order valence-electron chi connectivity index (χ1n) is 10.4. The highest BCUT2D eigenvalue weighted by Gasteiger charge is 2.27. The van der Waals surface area contributed by atoms with E-state index in [1.165, 1.54) is 16.4 Å². The number of carbonyl (C=O) groups excluding carboxylic acids is 1. The Morgan fingerprint density at radius 1 is 0.938 bits per heavy atom. The summed E-state index contributed by atoms with van der Waals surface area (Å²) in [5.74, 6) is -0.348. The third-order valence-electron chi connectivity index (χ3n) is 5.27. The number of anilines is 1. The Bertz CT molecular complexity index is 1160. The van der Waals surface area contributed by atoms with Crippen molar-refractivity contribution in [1.29, 1.82) is 0 Å². The van der Waals surface area contributed by atoms with Crippen molar-refractivity contribution >= 4 is 33.2 Å². The fraction of sp³-hybridized carbons (Fsp3) is 0.240. The zero-order valence-electron chi connectivity index (χ0n) is 18.2. The molecule has 0 aliphatic rings. The van der Waals surface area contributed by atoms with Crippen molar-refractivity contribution in [2.45, 2.75) is 31.6 Å². The first-order chi connectivity index (χ1) is 15.3. The van der Waals surface area contributed by atoms with Crippen molar-refractivity contribution in [3.8, 4) is 0 Å². The minimum Gasteiger partial charge on any atom is -0.355 e. The molecule has 0 unspecified atom stereocenters. The number of hydrogen-bond acceptors (Lipinski definition) is 3. The Hall–Kier alpha value is -2.83. The van der Waals surface area contributed by atoms with Crippen LogP contribution in [0, 0.1) is 13.8 Å². The molecule has 0 saturated heterocycles. The van der Waals surface area contributed by atoms with Crippen LogP contribution in [0.1, 0.15) is 23.1 Å². The summed E-state index contributed by atoms with van der Waals surface area (Å²) in [5, 5.41) is 3.53. The third-order valence-corrected chi connectivity index (χ3v) is 7.31. The molecule has 32 heavy (non-hydrogen) atoms. The molecule has 1 amide bonds. The zero-order valence-corrected chi connectivity index (χ0v) is 19.8. The van der Waals surface area contributed by atoms with Crippen molar-refractivity contribution in [2.24, 2.45) is 0 Å². The number of carbonyl (C=O) groups is 1. The number of benzene rings is 3. The molecule has 3 aromatic carbocycles. The van der Waals surface area contributed by atoms with E-state index in [0.29, 0.717) is 17.3 Å². The number of halogens is 1. The van der Waals surface area contributed by atoms with Crippen LogP contribution in [0.4, 0.5) is 5.69 Å². The van der Waals surface area contributed by atoms with Gasteiger partial charge < -0.3 is 5.32 Å². The highest BCUT2D eigenvalue weighted by molar-refractivity contribution is 7.92. The standard InChI is InChI=1S/C25H27ClN2O3S/c1-19-10-15-23(17-20(19)2)28(32(30,31)24-8-4-3-5-9-24)18-25(29)27-16-6-7-21-11-13-22(26)14-12-21/h3-5,8-15,17H,6-7,16,18H2,1-2H3,(H,27,29). The van der Waals surface area contributed by atoms with Crippen LogP contribution in [-0.4, -0.2) is 27.4 Å². The number of rotatable bonds is 9. The molecule has 0 saturated carbocycles.